The molecule has 1 unspecified atom stereocenters. The third kappa shape index (κ3) is 4.36. The van der Waals surface area contributed by atoms with Crippen molar-refractivity contribution in [1.29, 1.82) is 5.26 Å². The number of hydrogen-bond donors (Lipinski definition) is 1. The summed E-state index contributed by atoms with van der Waals surface area (Å²) < 4.78 is 0. The molecular formula is C15H15ClN2S. The Morgan fingerprint density at radius 2 is 2.26 bits per heavy atom. The molecule has 1 aromatic heterocycles. The lowest BCUT2D eigenvalue weighted by Gasteiger charge is -2.13. The van der Waals surface area contributed by atoms with Crippen molar-refractivity contribution in [3.05, 3.63) is 56.7 Å². The minimum absolute atomic E-state index is 0.367. The van der Waals surface area contributed by atoms with Gasteiger partial charge >= 0.3 is 0 Å². The van der Waals surface area contributed by atoms with E-state index in [1.54, 1.807) is 11.3 Å². The zero-order valence-corrected chi connectivity index (χ0v) is 12.3. The number of nitrogens with zero attached hydrogens (tertiary/aromatic N) is 1. The van der Waals surface area contributed by atoms with Crippen molar-refractivity contribution in [3.8, 4) is 6.07 Å². The van der Waals surface area contributed by atoms with E-state index in [1.165, 1.54) is 10.4 Å². The van der Waals surface area contributed by atoms with Crippen LogP contribution in [0.25, 0.3) is 0 Å². The second kappa shape index (κ2) is 6.72. The molecule has 0 radical (unpaired) electrons. The Morgan fingerprint density at radius 3 is 2.95 bits per heavy atom. The topological polar surface area (TPSA) is 35.8 Å². The van der Waals surface area contributed by atoms with E-state index in [0.29, 0.717) is 6.04 Å². The van der Waals surface area contributed by atoms with Crippen LogP contribution in [0.3, 0.4) is 0 Å². The number of nitrogens with one attached hydrogen (secondary N) is 1. The Morgan fingerprint density at radius 1 is 1.42 bits per heavy atom. The van der Waals surface area contributed by atoms with Crippen molar-refractivity contribution in [2.24, 2.45) is 0 Å². The molecule has 1 heterocycles. The first-order valence-corrected chi connectivity index (χ1v) is 7.38. The normalized spacial score (nSPS) is 12.1. The highest BCUT2D eigenvalue weighted by Crippen LogP contribution is 2.15. The number of thiophene rings is 1. The molecule has 0 aliphatic carbocycles. The van der Waals surface area contributed by atoms with Gasteiger partial charge < -0.3 is 5.32 Å². The molecule has 19 heavy (non-hydrogen) atoms. The van der Waals surface area contributed by atoms with Crippen LogP contribution in [0.1, 0.15) is 22.9 Å². The zero-order valence-electron chi connectivity index (χ0n) is 10.7. The van der Waals surface area contributed by atoms with Gasteiger partial charge in [0.05, 0.1) is 5.56 Å². The van der Waals surface area contributed by atoms with Crippen LogP contribution in [0.4, 0.5) is 0 Å². The van der Waals surface area contributed by atoms with Crippen molar-refractivity contribution < 1.29 is 0 Å². The molecule has 0 aliphatic heterocycles. The van der Waals surface area contributed by atoms with Gasteiger partial charge in [0.1, 0.15) is 6.07 Å². The molecule has 0 saturated heterocycles. The highest BCUT2D eigenvalue weighted by Gasteiger charge is 2.05. The Kier molecular flexibility index (Phi) is 4.98. The first-order chi connectivity index (χ1) is 9.17. The van der Waals surface area contributed by atoms with Gasteiger partial charge in [0.25, 0.3) is 0 Å². The largest absolute Gasteiger partial charge is 0.309 e. The molecule has 4 heteroatoms. The number of nitriles is 1. The molecule has 0 amide bonds. The van der Waals surface area contributed by atoms with Gasteiger partial charge in [-0.05, 0) is 37.1 Å². The summed E-state index contributed by atoms with van der Waals surface area (Å²) in [5.41, 5.74) is 1.97. The average molecular weight is 291 g/mol. The van der Waals surface area contributed by atoms with E-state index in [2.05, 4.69) is 24.4 Å². The highest BCUT2D eigenvalue weighted by atomic mass is 35.5. The van der Waals surface area contributed by atoms with Crippen molar-refractivity contribution in [3.63, 3.8) is 0 Å². The lowest BCUT2D eigenvalue weighted by Crippen LogP contribution is -2.27. The van der Waals surface area contributed by atoms with Gasteiger partial charge in [0, 0.05) is 27.9 Å². The molecule has 0 fully saturated rings. The lowest BCUT2D eigenvalue weighted by molar-refractivity contribution is 0.549. The fourth-order valence-electron chi connectivity index (χ4n) is 1.90. The first kappa shape index (κ1) is 14.1. The van der Waals surface area contributed by atoms with Gasteiger partial charge in [0.15, 0.2) is 0 Å². The fraction of sp³-hybridized carbons (Fsp3) is 0.267. The van der Waals surface area contributed by atoms with Crippen molar-refractivity contribution in [2.45, 2.75) is 25.9 Å². The molecule has 1 atom stereocenters. The highest BCUT2D eigenvalue weighted by molar-refractivity contribution is 7.10. The van der Waals surface area contributed by atoms with Gasteiger partial charge in [-0.2, -0.15) is 5.26 Å². The first-order valence-electron chi connectivity index (χ1n) is 6.12. The van der Waals surface area contributed by atoms with E-state index >= 15 is 0 Å². The lowest BCUT2D eigenvalue weighted by atomic mass is 10.1. The maximum atomic E-state index is 8.77. The van der Waals surface area contributed by atoms with Gasteiger partial charge in [0.2, 0.25) is 0 Å². The van der Waals surface area contributed by atoms with E-state index in [4.69, 9.17) is 16.9 Å². The average Bonchev–Trinajstić information content (AvgIpc) is 2.84. The summed E-state index contributed by atoms with van der Waals surface area (Å²) in [6, 6.07) is 12.4. The maximum absolute atomic E-state index is 8.77. The van der Waals surface area contributed by atoms with Crippen molar-refractivity contribution in [1.82, 2.24) is 5.32 Å². The van der Waals surface area contributed by atoms with E-state index in [1.807, 2.05) is 29.6 Å². The summed E-state index contributed by atoms with van der Waals surface area (Å²) in [7, 11) is 0. The number of halogens is 1. The molecule has 0 saturated carbocycles. The minimum Gasteiger partial charge on any atom is -0.309 e. The second-order valence-corrected chi connectivity index (χ2v) is 5.96. The van der Waals surface area contributed by atoms with Crippen molar-refractivity contribution in [2.75, 3.05) is 0 Å². The van der Waals surface area contributed by atoms with E-state index in [0.717, 1.165) is 23.6 Å². The summed E-state index contributed by atoms with van der Waals surface area (Å²) in [5, 5.41) is 14.9. The Labute approximate surface area is 122 Å². The molecule has 2 nitrogen and oxygen atoms in total. The van der Waals surface area contributed by atoms with Gasteiger partial charge in [-0.25, -0.2) is 0 Å². The summed E-state index contributed by atoms with van der Waals surface area (Å²) in [4.78, 5) is 1.19. The van der Waals surface area contributed by atoms with Gasteiger partial charge in [-0.3, -0.25) is 0 Å². The molecule has 2 aromatic rings. The van der Waals surface area contributed by atoms with Crippen LogP contribution in [0.5, 0.6) is 0 Å². The smallest absolute Gasteiger partial charge is 0.100 e. The van der Waals surface area contributed by atoms with Crippen LogP contribution < -0.4 is 5.32 Å². The predicted molar refractivity (Wildman–Crippen MR) is 80.5 cm³/mol. The molecule has 0 aliphatic rings. The number of hydrogen-bond acceptors (Lipinski definition) is 3. The molecule has 2 rings (SSSR count). The summed E-state index contributed by atoms with van der Waals surface area (Å²) in [6.45, 7) is 2.95. The summed E-state index contributed by atoms with van der Waals surface area (Å²) in [5.74, 6) is 0. The molecule has 98 valence electrons. The van der Waals surface area contributed by atoms with E-state index < -0.39 is 0 Å². The minimum atomic E-state index is 0.367. The molecule has 0 bridgehead atoms. The quantitative estimate of drug-likeness (QED) is 0.903. The van der Waals surface area contributed by atoms with E-state index in [-0.39, 0.29) is 0 Å². The fourth-order valence-corrected chi connectivity index (χ4v) is 2.87. The van der Waals surface area contributed by atoms with Gasteiger partial charge in [-0.15, -0.1) is 11.3 Å². The summed E-state index contributed by atoms with van der Waals surface area (Å²) in [6.07, 6.45) is 0.942. The molecule has 1 N–H and O–H groups in total. The third-order valence-corrected chi connectivity index (χ3v) is 4.01. The van der Waals surface area contributed by atoms with Crippen molar-refractivity contribution >= 4 is 22.9 Å². The van der Waals surface area contributed by atoms with Crippen LogP contribution in [-0.2, 0) is 13.0 Å². The summed E-state index contributed by atoms with van der Waals surface area (Å²) >= 11 is 7.59. The molecule has 1 aromatic carbocycles. The molecule has 0 spiro atoms. The zero-order chi connectivity index (χ0) is 13.7. The SMILES string of the molecule is CC(Cc1cccc(Cl)c1)NCc1cc(C#N)cs1. The van der Waals surface area contributed by atoms with Crippen LogP contribution in [-0.4, -0.2) is 6.04 Å². The standard InChI is InChI=1S/C15H15ClN2S/c1-11(5-12-3-2-4-14(16)6-12)18-9-15-7-13(8-17)10-19-15/h2-4,6-7,10-11,18H,5,9H2,1H3. The Balaban J connectivity index is 1.84. The second-order valence-electron chi connectivity index (χ2n) is 4.53. The van der Waals surface area contributed by atoms with Crippen LogP contribution in [0.2, 0.25) is 5.02 Å². The van der Waals surface area contributed by atoms with Gasteiger partial charge in [-0.1, -0.05) is 23.7 Å². The van der Waals surface area contributed by atoms with E-state index in [9.17, 15) is 0 Å². The number of benzene rings is 1. The third-order valence-electron chi connectivity index (χ3n) is 2.84. The van der Waals surface area contributed by atoms with Crippen LogP contribution in [0, 0.1) is 11.3 Å². The monoisotopic (exact) mass is 290 g/mol. The van der Waals surface area contributed by atoms with Crippen LogP contribution >= 0.6 is 22.9 Å². The Bertz CT molecular complexity index is 586. The molecular weight excluding hydrogens is 276 g/mol. The van der Waals surface area contributed by atoms with Crippen LogP contribution in [0.15, 0.2) is 35.7 Å². The maximum Gasteiger partial charge on any atom is 0.100 e. The predicted octanol–water partition coefficient (Wildman–Crippen LogP) is 3.99. The Hall–Kier alpha value is -1.34. The number of rotatable bonds is 5.